The van der Waals surface area contributed by atoms with Gasteiger partial charge in [0.05, 0.1) is 16.2 Å². The minimum atomic E-state index is -1.30. The summed E-state index contributed by atoms with van der Waals surface area (Å²) in [6.07, 6.45) is 1.48. The molecule has 3 rings (SSSR count). The fourth-order valence-corrected chi connectivity index (χ4v) is 3.96. The van der Waals surface area contributed by atoms with Crippen LogP contribution in [-0.4, -0.2) is 43.8 Å². The van der Waals surface area contributed by atoms with Crippen LogP contribution in [0.25, 0.3) is 6.08 Å². The Bertz CT molecular complexity index is 1070. The fraction of sp³-hybridized carbons (Fsp3) is 0.100. The maximum absolute atomic E-state index is 13.0. The number of rotatable bonds is 6. The second-order valence-electron chi connectivity index (χ2n) is 6.22. The first kappa shape index (κ1) is 21.5. The highest BCUT2D eigenvalue weighted by Crippen LogP contribution is 2.32. The van der Waals surface area contributed by atoms with Crippen LogP contribution in [0.2, 0.25) is 0 Å². The Hall–Kier alpha value is -3.24. The molecule has 1 saturated heterocycles. The number of hydrogen-bond acceptors (Lipinski definition) is 6. The number of carbonyl (C=O) groups excluding carboxylic acids is 2. The molecule has 2 aromatic carbocycles. The maximum atomic E-state index is 13.0. The SMILES string of the molecule is O=C(CCN1C(=O)/C(=C/c2ccc(F)cc2)SC1=S)Nc1ccc(O)cc1C(=O)O. The molecule has 1 heterocycles. The second-order valence-corrected chi connectivity index (χ2v) is 7.89. The van der Waals surface area contributed by atoms with Crippen molar-refractivity contribution in [2.75, 3.05) is 11.9 Å². The molecule has 0 saturated carbocycles. The number of benzene rings is 2. The van der Waals surface area contributed by atoms with E-state index in [4.69, 9.17) is 12.2 Å². The highest BCUT2D eigenvalue weighted by Gasteiger charge is 2.32. The third-order valence-electron chi connectivity index (χ3n) is 4.11. The van der Waals surface area contributed by atoms with Crippen LogP contribution in [0, 0.1) is 5.82 Å². The summed E-state index contributed by atoms with van der Waals surface area (Å²) in [5.41, 5.74) is 0.422. The second kappa shape index (κ2) is 9.06. The minimum absolute atomic E-state index is 0.0117. The molecule has 0 spiro atoms. The first-order chi connectivity index (χ1) is 14.2. The van der Waals surface area contributed by atoms with Crippen LogP contribution in [0.3, 0.4) is 0 Å². The summed E-state index contributed by atoms with van der Waals surface area (Å²) in [6, 6.07) is 9.20. The highest BCUT2D eigenvalue weighted by molar-refractivity contribution is 8.26. The number of halogens is 1. The highest BCUT2D eigenvalue weighted by atomic mass is 32.2. The van der Waals surface area contributed by atoms with E-state index in [0.29, 0.717) is 10.5 Å². The Balaban J connectivity index is 1.64. The molecule has 0 aliphatic carbocycles. The first-order valence-electron chi connectivity index (χ1n) is 8.61. The number of nitrogens with zero attached hydrogens (tertiary/aromatic N) is 1. The predicted molar refractivity (Wildman–Crippen MR) is 115 cm³/mol. The zero-order valence-electron chi connectivity index (χ0n) is 15.3. The van der Waals surface area contributed by atoms with E-state index in [9.17, 15) is 29.0 Å². The van der Waals surface area contributed by atoms with Gasteiger partial charge >= 0.3 is 5.97 Å². The summed E-state index contributed by atoms with van der Waals surface area (Å²) >= 11 is 6.30. The van der Waals surface area contributed by atoms with Crippen molar-refractivity contribution < 1.29 is 29.0 Å². The zero-order chi connectivity index (χ0) is 21.8. The van der Waals surface area contributed by atoms with Gasteiger partial charge in [0.15, 0.2) is 0 Å². The average Bonchev–Trinajstić information content (AvgIpc) is 2.96. The standard InChI is InChI=1S/C20H15FN2O5S2/c21-12-3-1-11(2-4-12)9-16-18(26)23(20(29)30-16)8-7-17(25)22-15-6-5-13(24)10-14(15)19(27)28/h1-6,9-10,24H,7-8H2,(H,22,25)(H,27,28)/b16-9-. The van der Waals surface area contributed by atoms with E-state index in [0.717, 1.165) is 17.8 Å². The molecule has 3 N–H and O–H groups in total. The van der Waals surface area contributed by atoms with E-state index < -0.39 is 11.9 Å². The van der Waals surface area contributed by atoms with Crippen molar-refractivity contribution in [1.82, 2.24) is 4.90 Å². The Kier molecular flexibility index (Phi) is 6.48. The normalized spacial score (nSPS) is 15.0. The van der Waals surface area contributed by atoms with Gasteiger partial charge in [0.1, 0.15) is 15.9 Å². The molecule has 1 fully saturated rings. The van der Waals surface area contributed by atoms with Crippen molar-refractivity contribution in [2.24, 2.45) is 0 Å². The number of hydrogen-bond donors (Lipinski definition) is 3. The first-order valence-corrected chi connectivity index (χ1v) is 9.84. The van der Waals surface area contributed by atoms with Crippen LogP contribution in [0.5, 0.6) is 5.75 Å². The maximum Gasteiger partial charge on any atom is 0.337 e. The number of phenolic OH excluding ortho intramolecular Hbond substituents is 1. The van der Waals surface area contributed by atoms with Crippen LogP contribution >= 0.6 is 24.0 Å². The molecule has 2 aromatic rings. The Morgan fingerprint density at radius 2 is 1.90 bits per heavy atom. The molecule has 7 nitrogen and oxygen atoms in total. The smallest absolute Gasteiger partial charge is 0.337 e. The summed E-state index contributed by atoms with van der Waals surface area (Å²) in [6.45, 7) is 0.0117. The van der Waals surface area contributed by atoms with Crippen molar-refractivity contribution in [3.63, 3.8) is 0 Å². The van der Waals surface area contributed by atoms with E-state index in [1.165, 1.54) is 41.3 Å². The molecule has 0 radical (unpaired) electrons. The summed E-state index contributed by atoms with van der Waals surface area (Å²) in [7, 11) is 0. The van der Waals surface area contributed by atoms with E-state index in [-0.39, 0.29) is 46.0 Å². The van der Waals surface area contributed by atoms with E-state index >= 15 is 0 Å². The zero-order valence-corrected chi connectivity index (χ0v) is 16.9. The summed E-state index contributed by atoms with van der Waals surface area (Å²) in [4.78, 5) is 37.7. The largest absolute Gasteiger partial charge is 0.508 e. The molecule has 2 amide bonds. The quantitative estimate of drug-likeness (QED) is 0.354. The summed E-state index contributed by atoms with van der Waals surface area (Å²) in [5.74, 6) is -2.80. The van der Waals surface area contributed by atoms with Crippen molar-refractivity contribution in [1.29, 1.82) is 0 Å². The summed E-state index contributed by atoms with van der Waals surface area (Å²) in [5, 5.41) is 21.0. The predicted octanol–water partition coefficient (Wildman–Crippen LogP) is 3.46. The molecular formula is C20H15FN2O5S2. The molecule has 0 bridgehead atoms. The van der Waals surface area contributed by atoms with E-state index in [2.05, 4.69) is 5.32 Å². The minimum Gasteiger partial charge on any atom is -0.508 e. The van der Waals surface area contributed by atoms with Crippen LogP contribution in [0.1, 0.15) is 22.3 Å². The lowest BCUT2D eigenvalue weighted by Crippen LogP contribution is -2.31. The number of thiocarbonyl (C=S) groups is 1. The van der Waals surface area contributed by atoms with Gasteiger partial charge in [-0.2, -0.15) is 0 Å². The Labute approximate surface area is 180 Å². The van der Waals surface area contributed by atoms with Gasteiger partial charge in [-0.1, -0.05) is 36.1 Å². The molecule has 30 heavy (non-hydrogen) atoms. The van der Waals surface area contributed by atoms with Gasteiger partial charge in [-0.25, -0.2) is 9.18 Å². The number of carbonyl (C=O) groups is 3. The molecule has 10 heteroatoms. The molecule has 1 aliphatic heterocycles. The number of nitrogens with one attached hydrogen (secondary N) is 1. The topological polar surface area (TPSA) is 107 Å². The monoisotopic (exact) mass is 446 g/mol. The van der Waals surface area contributed by atoms with Crippen LogP contribution in [0.15, 0.2) is 47.4 Å². The number of carboxylic acids is 1. The van der Waals surface area contributed by atoms with Gasteiger partial charge in [0.25, 0.3) is 5.91 Å². The molecule has 1 aliphatic rings. The number of anilines is 1. The van der Waals surface area contributed by atoms with E-state index in [1.807, 2.05) is 0 Å². The van der Waals surface area contributed by atoms with Gasteiger partial charge in [0, 0.05) is 13.0 Å². The number of thioether (sulfide) groups is 1. The van der Waals surface area contributed by atoms with Crippen molar-refractivity contribution in [3.05, 3.63) is 64.3 Å². The third kappa shape index (κ3) is 5.02. The third-order valence-corrected chi connectivity index (χ3v) is 5.49. The van der Waals surface area contributed by atoms with Crippen LogP contribution < -0.4 is 5.32 Å². The van der Waals surface area contributed by atoms with Gasteiger partial charge in [-0.15, -0.1) is 0 Å². The molecule has 154 valence electrons. The Morgan fingerprint density at radius 1 is 1.20 bits per heavy atom. The van der Waals surface area contributed by atoms with Gasteiger partial charge in [0.2, 0.25) is 5.91 Å². The lowest BCUT2D eigenvalue weighted by atomic mass is 10.1. The number of carboxylic acid groups (broad SMARTS) is 1. The lowest BCUT2D eigenvalue weighted by molar-refractivity contribution is -0.122. The number of aromatic carboxylic acids is 1. The van der Waals surface area contributed by atoms with Crippen molar-refractivity contribution >= 4 is 57.8 Å². The van der Waals surface area contributed by atoms with Crippen LogP contribution in [0.4, 0.5) is 10.1 Å². The van der Waals surface area contributed by atoms with Crippen molar-refractivity contribution in [2.45, 2.75) is 6.42 Å². The number of phenols is 1. The van der Waals surface area contributed by atoms with Crippen LogP contribution in [-0.2, 0) is 9.59 Å². The molecule has 0 aromatic heterocycles. The lowest BCUT2D eigenvalue weighted by Gasteiger charge is -2.14. The average molecular weight is 446 g/mol. The van der Waals surface area contributed by atoms with Gasteiger partial charge < -0.3 is 15.5 Å². The molecule has 0 atom stereocenters. The number of amides is 2. The summed E-state index contributed by atoms with van der Waals surface area (Å²) < 4.78 is 13.3. The Morgan fingerprint density at radius 3 is 2.57 bits per heavy atom. The van der Waals surface area contributed by atoms with Crippen molar-refractivity contribution in [3.8, 4) is 5.75 Å². The molecular weight excluding hydrogens is 431 g/mol. The van der Waals surface area contributed by atoms with Gasteiger partial charge in [-0.05, 0) is 42.0 Å². The molecule has 0 unspecified atom stereocenters. The van der Waals surface area contributed by atoms with E-state index in [1.54, 1.807) is 6.08 Å². The fourth-order valence-electron chi connectivity index (χ4n) is 2.65. The number of aromatic hydroxyl groups is 1. The van der Waals surface area contributed by atoms with Gasteiger partial charge in [-0.3, -0.25) is 14.5 Å².